The highest BCUT2D eigenvalue weighted by Crippen LogP contribution is 2.37. The van der Waals surface area contributed by atoms with Gasteiger partial charge in [-0.2, -0.15) is 0 Å². The van der Waals surface area contributed by atoms with Crippen molar-refractivity contribution in [3.05, 3.63) is 36.0 Å². The van der Waals surface area contributed by atoms with Gasteiger partial charge in [0.15, 0.2) is 0 Å². The number of benzene rings is 1. The number of para-hydroxylation sites is 1. The molecule has 0 fully saturated rings. The Labute approximate surface area is 115 Å². The van der Waals surface area contributed by atoms with Crippen molar-refractivity contribution in [1.29, 1.82) is 0 Å². The standard InChI is InChI=1S/C15H21NO2Si/c1-15(2,3)19(4,5)18-14(17)13-10-11-8-6-7-9-12(11)16-13/h6-10,16H,1-5H3. The molecule has 4 heteroatoms. The van der Waals surface area contributed by atoms with Crippen LogP contribution in [0, 0.1) is 0 Å². The summed E-state index contributed by atoms with van der Waals surface area (Å²) >= 11 is 0. The molecule has 0 bridgehead atoms. The summed E-state index contributed by atoms with van der Waals surface area (Å²) in [6.45, 7) is 10.5. The monoisotopic (exact) mass is 275 g/mol. The molecular weight excluding hydrogens is 254 g/mol. The topological polar surface area (TPSA) is 42.1 Å². The van der Waals surface area contributed by atoms with Crippen molar-refractivity contribution in [2.75, 3.05) is 0 Å². The average Bonchev–Trinajstić information content (AvgIpc) is 2.70. The van der Waals surface area contributed by atoms with Crippen LogP contribution < -0.4 is 0 Å². The number of hydrogen-bond donors (Lipinski definition) is 1. The predicted octanol–water partition coefficient (Wildman–Crippen LogP) is 4.33. The molecule has 1 aromatic heterocycles. The molecule has 3 nitrogen and oxygen atoms in total. The van der Waals surface area contributed by atoms with Crippen LogP contribution in [-0.2, 0) is 4.43 Å². The van der Waals surface area contributed by atoms with Crippen molar-refractivity contribution < 1.29 is 9.22 Å². The minimum absolute atomic E-state index is 0.0225. The Balaban J connectivity index is 2.25. The van der Waals surface area contributed by atoms with E-state index in [4.69, 9.17) is 4.43 Å². The number of hydrogen-bond acceptors (Lipinski definition) is 2. The fourth-order valence-electron chi connectivity index (χ4n) is 1.62. The minimum atomic E-state index is -2.07. The van der Waals surface area contributed by atoms with Gasteiger partial charge in [0.2, 0.25) is 0 Å². The van der Waals surface area contributed by atoms with E-state index >= 15 is 0 Å². The van der Waals surface area contributed by atoms with Crippen LogP contribution in [0.5, 0.6) is 0 Å². The SMILES string of the molecule is CC(C)(C)[Si](C)(C)OC(=O)c1cc2ccccc2[nH]1. The highest BCUT2D eigenvalue weighted by Gasteiger charge is 2.40. The lowest BCUT2D eigenvalue weighted by atomic mass is 10.2. The molecule has 0 aliphatic heterocycles. The van der Waals surface area contributed by atoms with Gasteiger partial charge in [0, 0.05) is 10.9 Å². The van der Waals surface area contributed by atoms with E-state index in [1.54, 1.807) is 0 Å². The lowest BCUT2D eigenvalue weighted by molar-refractivity contribution is 0.0707. The molecule has 0 saturated carbocycles. The van der Waals surface area contributed by atoms with E-state index in [1.807, 2.05) is 30.3 Å². The van der Waals surface area contributed by atoms with Crippen LogP contribution in [0.3, 0.4) is 0 Å². The molecule has 2 rings (SSSR count). The van der Waals surface area contributed by atoms with Crippen LogP contribution in [-0.4, -0.2) is 19.3 Å². The molecule has 1 aromatic carbocycles. The number of aromatic amines is 1. The van der Waals surface area contributed by atoms with Crippen molar-refractivity contribution in [2.24, 2.45) is 0 Å². The number of H-pyrrole nitrogens is 1. The van der Waals surface area contributed by atoms with E-state index < -0.39 is 8.32 Å². The Hall–Kier alpha value is -1.55. The van der Waals surface area contributed by atoms with Crippen LogP contribution in [0.25, 0.3) is 10.9 Å². The average molecular weight is 275 g/mol. The van der Waals surface area contributed by atoms with Crippen LogP contribution in [0.2, 0.25) is 18.1 Å². The summed E-state index contributed by atoms with van der Waals surface area (Å²) in [4.78, 5) is 15.4. The number of rotatable bonds is 2. The van der Waals surface area contributed by atoms with Crippen LogP contribution in [0.1, 0.15) is 31.3 Å². The van der Waals surface area contributed by atoms with Gasteiger partial charge in [-0.1, -0.05) is 39.0 Å². The second-order valence-corrected chi connectivity index (χ2v) is 11.1. The summed E-state index contributed by atoms with van der Waals surface area (Å²) in [5.41, 5.74) is 1.50. The number of nitrogens with one attached hydrogen (secondary N) is 1. The van der Waals surface area contributed by atoms with Crippen molar-refractivity contribution in [2.45, 2.75) is 38.9 Å². The smallest absolute Gasteiger partial charge is 0.341 e. The third-order valence-corrected chi connectivity index (χ3v) is 8.21. The molecule has 0 aliphatic rings. The van der Waals surface area contributed by atoms with Crippen molar-refractivity contribution in [1.82, 2.24) is 4.98 Å². The molecular formula is C15H21NO2Si. The second kappa shape index (κ2) is 4.53. The van der Waals surface area contributed by atoms with Gasteiger partial charge in [-0.15, -0.1) is 0 Å². The van der Waals surface area contributed by atoms with E-state index in [0.29, 0.717) is 5.69 Å². The van der Waals surface area contributed by atoms with Gasteiger partial charge in [-0.25, -0.2) is 4.79 Å². The molecule has 1 N–H and O–H groups in total. The largest absolute Gasteiger partial charge is 0.515 e. The maximum Gasteiger partial charge on any atom is 0.341 e. The third kappa shape index (κ3) is 2.73. The highest BCUT2D eigenvalue weighted by atomic mass is 28.4. The fraction of sp³-hybridized carbons (Fsp3) is 0.400. The van der Waals surface area contributed by atoms with Crippen molar-refractivity contribution >= 4 is 25.2 Å². The lowest BCUT2D eigenvalue weighted by Gasteiger charge is -2.35. The van der Waals surface area contributed by atoms with Gasteiger partial charge < -0.3 is 9.41 Å². The molecule has 0 amide bonds. The zero-order chi connectivity index (χ0) is 14.3. The summed E-state index contributed by atoms with van der Waals surface area (Å²) in [5, 5.41) is 1.05. The highest BCUT2D eigenvalue weighted by molar-refractivity contribution is 6.75. The maximum atomic E-state index is 12.3. The van der Waals surface area contributed by atoms with E-state index in [-0.39, 0.29) is 11.0 Å². The Bertz CT molecular complexity index is 575. The predicted molar refractivity (Wildman–Crippen MR) is 80.9 cm³/mol. The first kappa shape index (κ1) is 13.9. The zero-order valence-electron chi connectivity index (χ0n) is 12.2. The van der Waals surface area contributed by atoms with Gasteiger partial charge in [-0.3, -0.25) is 0 Å². The van der Waals surface area contributed by atoms with Gasteiger partial charge in [0.25, 0.3) is 8.32 Å². The molecule has 1 heterocycles. The molecule has 102 valence electrons. The first-order valence-corrected chi connectivity index (χ1v) is 9.43. The van der Waals surface area contributed by atoms with Gasteiger partial charge in [0.05, 0.1) is 0 Å². The molecule has 0 aliphatic carbocycles. The first-order valence-electron chi connectivity index (χ1n) is 6.52. The van der Waals surface area contributed by atoms with Gasteiger partial charge in [-0.05, 0) is 30.3 Å². The first-order chi connectivity index (χ1) is 8.71. The van der Waals surface area contributed by atoms with E-state index in [9.17, 15) is 4.79 Å². The summed E-state index contributed by atoms with van der Waals surface area (Å²) in [5.74, 6) is -0.247. The van der Waals surface area contributed by atoms with Crippen LogP contribution >= 0.6 is 0 Å². The van der Waals surface area contributed by atoms with E-state index in [2.05, 4.69) is 38.8 Å². The molecule has 2 aromatic rings. The molecule has 0 unspecified atom stereocenters. The zero-order valence-corrected chi connectivity index (χ0v) is 13.2. The molecule has 19 heavy (non-hydrogen) atoms. The summed E-state index contributed by atoms with van der Waals surface area (Å²) in [6, 6.07) is 9.69. The number of carbonyl (C=O) groups excluding carboxylic acids is 1. The van der Waals surface area contributed by atoms with Crippen LogP contribution in [0.4, 0.5) is 0 Å². The molecule has 0 radical (unpaired) electrons. The summed E-state index contributed by atoms with van der Waals surface area (Å²) in [7, 11) is -2.07. The number of carbonyl (C=O) groups is 1. The Morgan fingerprint density at radius 3 is 2.42 bits per heavy atom. The van der Waals surface area contributed by atoms with E-state index in [0.717, 1.165) is 10.9 Å². The Morgan fingerprint density at radius 2 is 1.84 bits per heavy atom. The third-order valence-electron chi connectivity index (χ3n) is 3.90. The van der Waals surface area contributed by atoms with Crippen molar-refractivity contribution in [3.63, 3.8) is 0 Å². The Morgan fingerprint density at radius 1 is 1.21 bits per heavy atom. The summed E-state index contributed by atoms with van der Waals surface area (Å²) < 4.78 is 5.79. The van der Waals surface area contributed by atoms with Gasteiger partial charge >= 0.3 is 5.97 Å². The Kier molecular flexibility index (Phi) is 3.30. The normalized spacial score (nSPS) is 12.7. The maximum absolute atomic E-state index is 12.3. The quantitative estimate of drug-likeness (QED) is 0.829. The second-order valence-electron chi connectivity index (χ2n) is 6.42. The van der Waals surface area contributed by atoms with E-state index in [1.165, 1.54) is 0 Å². The minimum Gasteiger partial charge on any atom is -0.515 e. The molecule has 0 spiro atoms. The molecule has 0 saturated heterocycles. The number of fused-ring (bicyclic) bond motifs is 1. The molecule has 0 atom stereocenters. The number of aromatic nitrogens is 1. The lowest BCUT2D eigenvalue weighted by Crippen LogP contribution is -2.42. The fourth-order valence-corrected chi connectivity index (χ4v) is 2.50. The van der Waals surface area contributed by atoms with Crippen molar-refractivity contribution in [3.8, 4) is 0 Å². The van der Waals surface area contributed by atoms with Gasteiger partial charge in [0.1, 0.15) is 5.69 Å². The summed E-state index contributed by atoms with van der Waals surface area (Å²) in [6.07, 6.45) is 0. The van der Waals surface area contributed by atoms with Crippen LogP contribution in [0.15, 0.2) is 30.3 Å².